The van der Waals surface area contributed by atoms with Crippen molar-refractivity contribution in [3.8, 4) is 23.0 Å². The van der Waals surface area contributed by atoms with Gasteiger partial charge in [-0.3, -0.25) is 9.59 Å². The Morgan fingerprint density at radius 3 is 2.54 bits per heavy atom. The number of para-hydroxylation sites is 1. The van der Waals surface area contributed by atoms with E-state index in [0.717, 1.165) is 25.7 Å². The maximum atomic E-state index is 13.2. The molecule has 0 saturated heterocycles. The highest BCUT2D eigenvalue weighted by molar-refractivity contribution is 6.02. The molecule has 0 aliphatic rings. The number of nitrogens with zero attached hydrogens (tertiary/aromatic N) is 2. The number of pyridine rings is 1. The van der Waals surface area contributed by atoms with Gasteiger partial charge in [-0.2, -0.15) is 5.10 Å². The minimum absolute atomic E-state index is 0.355. The maximum Gasteiger partial charge on any atom is 0.280 e. The molecule has 0 radical (unpaired) electrons. The summed E-state index contributed by atoms with van der Waals surface area (Å²) < 4.78 is 17.5. The number of carbonyl (C=O) groups excluding carboxylic acids is 1. The van der Waals surface area contributed by atoms with Crippen molar-refractivity contribution in [1.82, 2.24) is 9.99 Å². The fourth-order valence-electron chi connectivity index (χ4n) is 3.91. The van der Waals surface area contributed by atoms with Crippen LogP contribution in [0.4, 0.5) is 0 Å². The fourth-order valence-corrected chi connectivity index (χ4v) is 3.91. The highest BCUT2D eigenvalue weighted by Crippen LogP contribution is 2.34. The van der Waals surface area contributed by atoms with E-state index < -0.39 is 11.5 Å². The van der Waals surface area contributed by atoms with E-state index in [-0.39, 0.29) is 11.3 Å². The third-order valence-electron chi connectivity index (χ3n) is 5.69. The van der Waals surface area contributed by atoms with Gasteiger partial charge in [-0.15, -0.1) is 0 Å². The van der Waals surface area contributed by atoms with Crippen molar-refractivity contribution in [2.75, 3.05) is 21.3 Å². The number of hydrogen-bond acceptors (Lipinski definition) is 7. The quantitative estimate of drug-likeness (QED) is 0.243. The first-order chi connectivity index (χ1) is 17.0. The predicted octanol–water partition coefficient (Wildman–Crippen LogP) is 4.08. The second-order valence-corrected chi connectivity index (χ2v) is 7.91. The SMILES string of the molecule is CCCCCCn1c(=O)c(C(=O)NN=Cc2cc(OC)cc(OC)c2OC)c(O)c2ccccc21. The zero-order chi connectivity index (χ0) is 25.4. The Morgan fingerprint density at radius 2 is 1.86 bits per heavy atom. The number of nitrogens with one attached hydrogen (secondary N) is 1. The number of hydrazone groups is 1. The summed E-state index contributed by atoms with van der Waals surface area (Å²) in [6.07, 6.45) is 5.24. The molecule has 0 atom stereocenters. The number of benzene rings is 2. The Labute approximate surface area is 203 Å². The van der Waals surface area contributed by atoms with E-state index in [1.807, 2.05) is 0 Å². The number of unbranched alkanes of at least 4 members (excludes halogenated alkanes) is 3. The van der Waals surface area contributed by atoms with Crippen LogP contribution in [0.1, 0.15) is 48.5 Å². The third-order valence-corrected chi connectivity index (χ3v) is 5.69. The molecule has 1 aromatic heterocycles. The van der Waals surface area contributed by atoms with E-state index >= 15 is 0 Å². The van der Waals surface area contributed by atoms with Gasteiger partial charge in [0.05, 0.1) is 33.1 Å². The summed E-state index contributed by atoms with van der Waals surface area (Å²) >= 11 is 0. The summed E-state index contributed by atoms with van der Waals surface area (Å²) in [7, 11) is 4.49. The van der Waals surface area contributed by atoms with Crippen molar-refractivity contribution in [2.45, 2.75) is 39.2 Å². The molecule has 2 N–H and O–H groups in total. The monoisotopic (exact) mass is 481 g/mol. The molecule has 0 unspecified atom stereocenters. The van der Waals surface area contributed by atoms with Crippen molar-refractivity contribution < 1.29 is 24.1 Å². The molecule has 0 aliphatic carbocycles. The Morgan fingerprint density at radius 1 is 1.09 bits per heavy atom. The number of methoxy groups -OCH3 is 3. The Bertz CT molecular complexity index is 1280. The van der Waals surface area contributed by atoms with Crippen molar-refractivity contribution >= 4 is 23.0 Å². The number of hydrogen-bond donors (Lipinski definition) is 2. The molecular formula is C26H31N3O6. The smallest absolute Gasteiger partial charge is 0.280 e. The van der Waals surface area contributed by atoms with Crippen molar-refractivity contribution in [2.24, 2.45) is 5.10 Å². The number of rotatable bonds is 11. The van der Waals surface area contributed by atoms with E-state index in [1.54, 1.807) is 41.0 Å². The molecule has 0 fully saturated rings. The average Bonchev–Trinajstić information content (AvgIpc) is 2.87. The predicted molar refractivity (Wildman–Crippen MR) is 135 cm³/mol. The summed E-state index contributed by atoms with van der Waals surface area (Å²) in [4.78, 5) is 26.2. The first-order valence-electron chi connectivity index (χ1n) is 11.4. The van der Waals surface area contributed by atoms with Crippen LogP contribution < -0.4 is 25.2 Å². The molecule has 0 aliphatic heterocycles. The molecule has 35 heavy (non-hydrogen) atoms. The van der Waals surface area contributed by atoms with Gasteiger partial charge >= 0.3 is 0 Å². The standard InChI is InChI=1S/C26H31N3O6/c1-5-6-7-10-13-29-20-12-9-8-11-19(20)23(30)22(26(29)32)25(31)28-27-16-17-14-18(33-2)15-21(34-3)24(17)35-4/h8-9,11-12,14-16,30H,5-7,10,13H2,1-4H3,(H,28,31). The van der Waals surface area contributed by atoms with Crippen LogP contribution in [0.2, 0.25) is 0 Å². The molecule has 1 amide bonds. The molecule has 0 saturated carbocycles. The molecule has 186 valence electrons. The van der Waals surface area contributed by atoms with Crippen molar-refractivity contribution in [3.05, 3.63) is 57.9 Å². The van der Waals surface area contributed by atoms with E-state index in [9.17, 15) is 14.7 Å². The fraction of sp³-hybridized carbons (Fsp3) is 0.346. The van der Waals surface area contributed by atoms with Crippen LogP contribution in [0.15, 0.2) is 46.3 Å². The lowest BCUT2D eigenvalue weighted by Gasteiger charge is -2.14. The normalized spacial score (nSPS) is 11.1. The van der Waals surface area contributed by atoms with Gasteiger partial charge in [-0.1, -0.05) is 38.3 Å². The Balaban J connectivity index is 1.95. The summed E-state index contributed by atoms with van der Waals surface area (Å²) in [5, 5.41) is 15.2. The van der Waals surface area contributed by atoms with Gasteiger partial charge in [0.1, 0.15) is 17.1 Å². The van der Waals surface area contributed by atoms with Crippen LogP contribution in [0.5, 0.6) is 23.0 Å². The van der Waals surface area contributed by atoms with E-state index in [0.29, 0.717) is 40.3 Å². The molecule has 2 aromatic carbocycles. The first kappa shape index (κ1) is 25.6. The van der Waals surface area contributed by atoms with Gasteiger partial charge in [0.15, 0.2) is 11.5 Å². The van der Waals surface area contributed by atoms with E-state index in [1.165, 1.54) is 27.5 Å². The summed E-state index contributed by atoms with van der Waals surface area (Å²) in [5.41, 5.74) is 2.49. The number of amides is 1. The molecule has 9 heteroatoms. The second-order valence-electron chi connectivity index (χ2n) is 7.91. The highest BCUT2D eigenvalue weighted by atomic mass is 16.5. The second kappa shape index (κ2) is 11.9. The Kier molecular flexibility index (Phi) is 8.72. The zero-order valence-electron chi connectivity index (χ0n) is 20.5. The lowest BCUT2D eigenvalue weighted by atomic mass is 10.1. The van der Waals surface area contributed by atoms with Crippen LogP contribution in [-0.4, -0.2) is 43.1 Å². The average molecular weight is 482 g/mol. The van der Waals surface area contributed by atoms with Crippen LogP contribution >= 0.6 is 0 Å². The molecule has 0 spiro atoms. The van der Waals surface area contributed by atoms with E-state index in [2.05, 4.69) is 17.5 Å². The number of fused-ring (bicyclic) bond motifs is 1. The minimum Gasteiger partial charge on any atom is -0.506 e. The van der Waals surface area contributed by atoms with Crippen molar-refractivity contribution in [1.29, 1.82) is 0 Å². The molecule has 9 nitrogen and oxygen atoms in total. The summed E-state index contributed by atoms with van der Waals surface area (Å²) in [6, 6.07) is 10.3. The van der Waals surface area contributed by atoms with Crippen LogP contribution in [0.3, 0.4) is 0 Å². The van der Waals surface area contributed by atoms with Crippen molar-refractivity contribution in [3.63, 3.8) is 0 Å². The largest absolute Gasteiger partial charge is 0.506 e. The number of aryl methyl sites for hydroxylation is 1. The van der Waals surface area contributed by atoms with Gasteiger partial charge in [0.25, 0.3) is 11.5 Å². The van der Waals surface area contributed by atoms with Gasteiger partial charge in [-0.25, -0.2) is 5.43 Å². The molecular weight excluding hydrogens is 450 g/mol. The minimum atomic E-state index is -0.814. The number of carbonyl (C=O) groups is 1. The first-order valence-corrected chi connectivity index (χ1v) is 11.4. The number of aromatic hydroxyl groups is 1. The molecule has 3 aromatic rings. The zero-order valence-corrected chi connectivity index (χ0v) is 20.5. The Hall–Kier alpha value is -4.01. The lowest BCUT2D eigenvalue weighted by Crippen LogP contribution is -2.31. The van der Waals surface area contributed by atoms with Crippen LogP contribution in [0, 0.1) is 0 Å². The molecule has 3 rings (SSSR count). The van der Waals surface area contributed by atoms with Gasteiger partial charge in [0, 0.05) is 23.6 Å². The van der Waals surface area contributed by atoms with Crippen LogP contribution in [0.25, 0.3) is 10.9 Å². The maximum absolute atomic E-state index is 13.2. The lowest BCUT2D eigenvalue weighted by molar-refractivity contribution is 0.0950. The van der Waals surface area contributed by atoms with Gasteiger partial charge in [0.2, 0.25) is 0 Å². The van der Waals surface area contributed by atoms with E-state index in [4.69, 9.17) is 14.2 Å². The summed E-state index contributed by atoms with van der Waals surface area (Å²) in [6.45, 7) is 2.56. The highest BCUT2D eigenvalue weighted by Gasteiger charge is 2.22. The summed E-state index contributed by atoms with van der Waals surface area (Å²) in [5.74, 6) is 0.148. The van der Waals surface area contributed by atoms with Gasteiger partial charge < -0.3 is 23.9 Å². The van der Waals surface area contributed by atoms with Crippen LogP contribution in [-0.2, 0) is 6.54 Å². The van der Waals surface area contributed by atoms with Gasteiger partial charge in [-0.05, 0) is 24.6 Å². The topological polar surface area (TPSA) is 111 Å². The number of aromatic nitrogens is 1. The number of ether oxygens (including phenoxy) is 3. The molecule has 1 heterocycles. The third kappa shape index (κ3) is 5.56. The molecule has 0 bridgehead atoms.